The van der Waals surface area contributed by atoms with E-state index in [4.69, 9.17) is 9.47 Å². The number of thioether (sulfide) groups is 1. The first-order valence-electron chi connectivity index (χ1n) is 10.8. The van der Waals surface area contributed by atoms with Crippen LogP contribution in [0.25, 0.3) is 0 Å². The number of nitrogens with zero attached hydrogens (tertiary/aromatic N) is 3. The molecule has 1 aromatic heterocycles. The van der Waals surface area contributed by atoms with Gasteiger partial charge < -0.3 is 19.4 Å². The maximum atomic E-state index is 12.5. The number of esters is 1. The van der Waals surface area contributed by atoms with Crippen LogP contribution in [0.5, 0.6) is 5.75 Å². The highest BCUT2D eigenvalue weighted by atomic mass is 32.2. The summed E-state index contributed by atoms with van der Waals surface area (Å²) in [4.78, 5) is 24.5. The van der Waals surface area contributed by atoms with E-state index in [1.807, 2.05) is 49.6 Å². The summed E-state index contributed by atoms with van der Waals surface area (Å²) in [5.41, 5.74) is 2.10. The van der Waals surface area contributed by atoms with Gasteiger partial charge in [0.05, 0.1) is 17.9 Å². The molecule has 2 aromatic carbocycles. The third kappa shape index (κ3) is 7.08. The van der Waals surface area contributed by atoms with Gasteiger partial charge in [0.25, 0.3) is 0 Å². The Kier molecular flexibility index (Phi) is 8.88. The zero-order chi connectivity index (χ0) is 23.6. The van der Waals surface area contributed by atoms with Gasteiger partial charge in [-0.05, 0) is 50.6 Å². The first-order chi connectivity index (χ1) is 16.0. The van der Waals surface area contributed by atoms with E-state index in [-0.39, 0.29) is 18.3 Å². The highest BCUT2D eigenvalue weighted by Crippen LogP contribution is 2.20. The summed E-state index contributed by atoms with van der Waals surface area (Å²) < 4.78 is 12.9. The Morgan fingerprint density at radius 2 is 1.88 bits per heavy atom. The molecule has 0 bridgehead atoms. The molecule has 0 fully saturated rings. The Morgan fingerprint density at radius 3 is 2.61 bits per heavy atom. The average Bonchev–Trinajstić information content (AvgIpc) is 3.22. The molecule has 9 heteroatoms. The van der Waals surface area contributed by atoms with Gasteiger partial charge in [-0.25, -0.2) is 4.79 Å². The maximum absolute atomic E-state index is 12.5. The largest absolute Gasteiger partial charge is 0.486 e. The van der Waals surface area contributed by atoms with Gasteiger partial charge in [0, 0.05) is 12.2 Å². The predicted molar refractivity (Wildman–Crippen MR) is 128 cm³/mol. The summed E-state index contributed by atoms with van der Waals surface area (Å²) in [5, 5.41) is 11.9. The Bertz CT molecular complexity index is 1080. The molecule has 3 rings (SSSR count). The van der Waals surface area contributed by atoms with Gasteiger partial charge in [0.1, 0.15) is 12.4 Å². The van der Waals surface area contributed by atoms with Crippen LogP contribution in [0, 0.1) is 6.92 Å². The molecule has 0 atom stereocenters. The minimum atomic E-state index is -0.404. The summed E-state index contributed by atoms with van der Waals surface area (Å²) in [5.74, 6) is 1.00. The first-order valence-corrected chi connectivity index (χ1v) is 11.8. The smallest absolute Gasteiger partial charge is 0.338 e. The molecular formula is C24H28N4O4S. The van der Waals surface area contributed by atoms with Crippen LogP contribution in [0.2, 0.25) is 0 Å². The van der Waals surface area contributed by atoms with Crippen molar-refractivity contribution in [3.63, 3.8) is 0 Å². The number of benzene rings is 2. The second-order valence-electron chi connectivity index (χ2n) is 7.30. The van der Waals surface area contributed by atoms with Crippen molar-refractivity contribution in [2.45, 2.75) is 45.5 Å². The lowest BCUT2D eigenvalue weighted by atomic mass is 10.2. The minimum absolute atomic E-state index is 0.154. The SMILES string of the molecule is CCCOC(=O)c1cccc(NC(=O)CSc2nnc(COc3ccc(C)cc3)n2CC)c1. The summed E-state index contributed by atoms with van der Waals surface area (Å²) >= 11 is 1.30. The first kappa shape index (κ1) is 24.3. The lowest BCUT2D eigenvalue weighted by molar-refractivity contribution is -0.113. The maximum Gasteiger partial charge on any atom is 0.338 e. The normalized spacial score (nSPS) is 10.6. The number of amides is 1. The predicted octanol–water partition coefficient (Wildman–Crippen LogP) is 4.48. The van der Waals surface area contributed by atoms with Gasteiger partial charge in [0.2, 0.25) is 5.91 Å². The van der Waals surface area contributed by atoms with Gasteiger partial charge in [-0.2, -0.15) is 0 Å². The summed E-state index contributed by atoms with van der Waals surface area (Å²) in [7, 11) is 0. The van der Waals surface area contributed by atoms with Gasteiger partial charge in [0.15, 0.2) is 11.0 Å². The van der Waals surface area contributed by atoms with Gasteiger partial charge >= 0.3 is 5.97 Å². The van der Waals surface area contributed by atoms with E-state index in [1.165, 1.54) is 17.3 Å². The molecule has 0 saturated heterocycles. The monoisotopic (exact) mass is 468 g/mol. The van der Waals surface area contributed by atoms with E-state index in [0.717, 1.165) is 12.2 Å². The fourth-order valence-electron chi connectivity index (χ4n) is 2.96. The lowest BCUT2D eigenvalue weighted by Crippen LogP contribution is -2.15. The third-order valence-electron chi connectivity index (χ3n) is 4.65. The molecule has 174 valence electrons. The van der Waals surface area contributed by atoms with Crippen LogP contribution >= 0.6 is 11.8 Å². The highest BCUT2D eigenvalue weighted by molar-refractivity contribution is 7.99. The van der Waals surface area contributed by atoms with Gasteiger partial charge in [-0.1, -0.05) is 42.4 Å². The molecular weight excluding hydrogens is 440 g/mol. The standard InChI is InChI=1S/C24H28N4O4S/c1-4-13-31-23(30)18-7-6-8-19(14-18)25-22(29)16-33-24-27-26-21(28(24)5-2)15-32-20-11-9-17(3)10-12-20/h6-12,14H,4-5,13,15-16H2,1-3H3,(H,25,29). The number of aryl methyl sites for hydroxylation is 1. The fourth-order valence-corrected chi connectivity index (χ4v) is 3.78. The summed E-state index contributed by atoms with van der Waals surface area (Å²) in [6, 6.07) is 14.5. The van der Waals surface area contributed by atoms with Crippen molar-refractivity contribution in [2.24, 2.45) is 0 Å². The van der Waals surface area contributed by atoms with E-state index in [1.54, 1.807) is 24.3 Å². The second-order valence-corrected chi connectivity index (χ2v) is 8.24. The Morgan fingerprint density at radius 1 is 1.09 bits per heavy atom. The van der Waals surface area contributed by atoms with E-state index in [0.29, 0.717) is 35.4 Å². The molecule has 1 heterocycles. The van der Waals surface area contributed by atoms with Crippen LogP contribution in [0.1, 0.15) is 42.0 Å². The molecule has 0 unspecified atom stereocenters. The van der Waals surface area contributed by atoms with Crippen molar-refractivity contribution < 1.29 is 19.1 Å². The van der Waals surface area contributed by atoms with E-state index >= 15 is 0 Å². The van der Waals surface area contributed by atoms with E-state index in [2.05, 4.69) is 15.5 Å². The van der Waals surface area contributed by atoms with Crippen molar-refractivity contribution in [3.05, 3.63) is 65.5 Å². The number of carbonyl (C=O) groups excluding carboxylic acids is 2. The Balaban J connectivity index is 1.55. The van der Waals surface area contributed by atoms with Crippen LogP contribution in [0.4, 0.5) is 5.69 Å². The van der Waals surface area contributed by atoms with E-state index < -0.39 is 5.97 Å². The van der Waals surface area contributed by atoms with Gasteiger partial charge in [-0.15, -0.1) is 10.2 Å². The molecule has 0 aliphatic rings. The number of ether oxygens (including phenoxy) is 2. The number of aromatic nitrogens is 3. The van der Waals surface area contributed by atoms with E-state index in [9.17, 15) is 9.59 Å². The molecule has 1 N–H and O–H groups in total. The van der Waals surface area contributed by atoms with Crippen LogP contribution in [0.15, 0.2) is 53.7 Å². The third-order valence-corrected chi connectivity index (χ3v) is 5.62. The number of carbonyl (C=O) groups is 2. The molecule has 0 radical (unpaired) electrons. The number of nitrogens with one attached hydrogen (secondary N) is 1. The van der Waals surface area contributed by atoms with Crippen molar-refractivity contribution in [3.8, 4) is 5.75 Å². The number of rotatable bonds is 11. The molecule has 1 amide bonds. The molecule has 3 aromatic rings. The van der Waals surface area contributed by atoms with Crippen LogP contribution in [-0.4, -0.2) is 39.0 Å². The molecule has 33 heavy (non-hydrogen) atoms. The zero-order valence-electron chi connectivity index (χ0n) is 19.0. The van der Waals surface area contributed by atoms with Crippen LogP contribution < -0.4 is 10.1 Å². The quantitative estimate of drug-likeness (QED) is 0.327. The average molecular weight is 469 g/mol. The van der Waals surface area contributed by atoms with Crippen molar-refractivity contribution in [1.29, 1.82) is 0 Å². The van der Waals surface area contributed by atoms with Crippen LogP contribution in [0.3, 0.4) is 0 Å². The summed E-state index contributed by atoms with van der Waals surface area (Å²) in [6.07, 6.45) is 0.752. The number of hydrogen-bond donors (Lipinski definition) is 1. The van der Waals surface area contributed by atoms with Crippen LogP contribution in [-0.2, 0) is 22.7 Å². The minimum Gasteiger partial charge on any atom is -0.486 e. The molecule has 0 spiro atoms. The Labute approximate surface area is 197 Å². The topological polar surface area (TPSA) is 95.3 Å². The zero-order valence-corrected chi connectivity index (χ0v) is 19.9. The molecule has 0 aliphatic heterocycles. The highest BCUT2D eigenvalue weighted by Gasteiger charge is 2.14. The summed E-state index contributed by atoms with van der Waals surface area (Å²) in [6.45, 7) is 7.26. The molecule has 8 nitrogen and oxygen atoms in total. The molecule has 0 aliphatic carbocycles. The lowest BCUT2D eigenvalue weighted by Gasteiger charge is -2.10. The van der Waals surface area contributed by atoms with Crippen molar-refractivity contribution >= 4 is 29.3 Å². The fraction of sp³-hybridized carbons (Fsp3) is 0.333. The second kappa shape index (κ2) is 12.1. The molecule has 0 saturated carbocycles. The van der Waals surface area contributed by atoms with Crippen molar-refractivity contribution in [2.75, 3.05) is 17.7 Å². The van der Waals surface area contributed by atoms with Crippen molar-refractivity contribution in [1.82, 2.24) is 14.8 Å². The number of anilines is 1. The Hall–Kier alpha value is -3.33. The number of hydrogen-bond acceptors (Lipinski definition) is 7. The van der Waals surface area contributed by atoms with Gasteiger partial charge in [-0.3, -0.25) is 4.79 Å².